The molecule has 0 spiro atoms. The fraction of sp³-hybridized carbons (Fsp3) is 0.438. The maximum absolute atomic E-state index is 14.0. The van der Waals surface area contributed by atoms with Gasteiger partial charge in [0, 0.05) is 26.8 Å². The standard InChI is InChI=1S/C14H15FN4O2.C2H6.H2/c1-3-8-6-11-9(7-10(8)15)13(17-18(11)2)19-5-4-12(20)16-14(19)21;1-2;/h6-7H,3-5H2,1-2H3,(H,16,20,21);1-2H3;1H. The van der Waals surface area contributed by atoms with Gasteiger partial charge in [0.2, 0.25) is 5.91 Å². The van der Waals surface area contributed by atoms with Crippen LogP contribution in [0, 0.1) is 5.82 Å². The highest BCUT2D eigenvalue weighted by molar-refractivity contribution is 6.08. The van der Waals surface area contributed by atoms with Crippen LogP contribution in [0.15, 0.2) is 12.1 Å². The molecule has 0 aliphatic carbocycles. The van der Waals surface area contributed by atoms with Crippen LogP contribution in [0.5, 0.6) is 0 Å². The fourth-order valence-corrected chi connectivity index (χ4v) is 2.54. The lowest BCUT2D eigenvalue weighted by Gasteiger charge is -2.24. The number of amides is 3. The first-order valence-electron chi connectivity index (χ1n) is 7.77. The third kappa shape index (κ3) is 3.04. The molecule has 1 fully saturated rings. The molecule has 7 heteroatoms. The van der Waals surface area contributed by atoms with Gasteiger partial charge in [-0.3, -0.25) is 19.7 Å². The number of benzene rings is 1. The molecule has 1 aliphatic heterocycles. The van der Waals surface area contributed by atoms with Crippen molar-refractivity contribution < 1.29 is 15.4 Å². The quantitative estimate of drug-likeness (QED) is 0.924. The molecule has 2 aromatic rings. The first kappa shape index (κ1) is 16.9. The number of rotatable bonds is 2. The largest absolute Gasteiger partial charge is 0.329 e. The van der Waals surface area contributed by atoms with Crippen LogP contribution in [0.25, 0.3) is 10.9 Å². The normalized spacial score (nSPS) is 14.6. The number of hydrogen-bond donors (Lipinski definition) is 1. The van der Waals surface area contributed by atoms with Crippen molar-refractivity contribution in [3.63, 3.8) is 0 Å². The molecule has 6 nitrogen and oxygen atoms in total. The monoisotopic (exact) mass is 322 g/mol. The third-order valence-corrected chi connectivity index (χ3v) is 3.69. The lowest BCUT2D eigenvalue weighted by molar-refractivity contribution is -0.120. The summed E-state index contributed by atoms with van der Waals surface area (Å²) < 4.78 is 15.6. The highest BCUT2D eigenvalue weighted by Gasteiger charge is 2.28. The SMILES string of the molecule is CC.CCc1cc2c(cc1F)c(N1CCC(=O)NC1=O)nn2C.[HH]. The minimum absolute atomic E-state index is 0. The summed E-state index contributed by atoms with van der Waals surface area (Å²) >= 11 is 0. The Morgan fingerprint density at radius 2 is 2.04 bits per heavy atom. The maximum atomic E-state index is 14.0. The van der Waals surface area contributed by atoms with Crippen molar-refractivity contribution in [2.24, 2.45) is 7.05 Å². The second-order valence-corrected chi connectivity index (χ2v) is 5.02. The lowest BCUT2D eigenvalue weighted by atomic mass is 10.1. The molecule has 0 bridgehead atoms. The zero-order valence-corrected chi connectivity index (χ0v) is 13.8. The van der Waals surface area contributed by atoms with Gasteiger partial charge in [-0.15, -0.1) is 0 Å². The summed E-state index contributed by atoms with van der Waals surface area (Å²) in [6.07, 6.45) is 0.792. The van der Waals surface area contributed by atoms with E-state index in [-0.39, 0.29) is 26.1 Å². The van der Waals surface area contributed by atoms with E-state index in [2.05, 4.69) is 10.4 Å². The minimum Gasteiger partial charge on any atom is -0.278 e. The van der Waals surface area contributed by atoms with E-state index >= 15 is 0 Å². The van der Waals surface area contributed by atoms with Gasteiger partial charge < -0.3 is 0 Å². The highest BCUT2D eigenvalue weighted by Crippen LogP contribution is 2.29. The Morgan fingerprint density at radius 3 is 2.65 bits per heavy atom. The van der Waals surface area contributed by atoms with Gasteiger partial charge in [-0.25, -0.2) is 9.18 Å². The Hall–Kier alpha value is -2.44. The molecule has 0 saturated carbocycles. The summed E-state index contributed by atoms with van der Waals surface area (Å²) in [5.74, 6) is -0.247. The number of aromatic nitrogens is 2. The zero-order chi connectivity index (χ0) is 17.1. The summed E-state index contributed by atoms with van der Waals surface area (Å²) in [5, 5.41) is 7.12. The van der Waals surface area contributed by atoms with Crippen LogP contribution in [-0.4, -0.2) is 28.3 Å². The van der Waals surface area contributed by atoms with Crippen molar-refractivity contribution in [3.8, 4) is 0 Å². The predicted molar refractivity (Wildman–Crippen MR) is 89.0 cm³/mol. The number of carbonyl (C=O) groups excluding carboxylic acids is 2. The number of hydrogen-bond acceptors (Lipinski definition) is 3. The van der Waals surface area contributed by atoms with Crippen LogP contribution in [-0.2, 0) is 18.3 Å². The number of fused-ring (bicyclic) bond motifs is 1. The molecule has 2 heterocycles. The van der Waals surface area contributed by atoms with E-state index in [1.807, 2.05) is 20.8 Å². The number of carbonyl (C=O) groups is 2. The number of anilines is 1. The van der Waals surface area contributed by atoms with Crippen molar-refractivity contribution in [2.75, 3.05) is 11.4 Å². The van der Waals surface area contributed by atoms with Gasteiger partial charge >= 0.3 is 6.03 Å². The van der Waals surface area contributed by atoms with Crippen molar-refractivity contribution >= 4 is 28.7 Å². The molecule has 1 N–H and O–H groups in total. The number of urea groups is 1. The van der Waals surface area contributed by atoms with Crippen LogP contribution >= 0.6 is 0 Å². The van der Waals surface area contributed by atoms with Gasteiger partial charge in [0.05, 0.1) is 5.52 Å². The molecule has 0 unspecified atom stereocenters. The van der Waals surface area contributed by atoms with Gasteiger partial charge in [0.15, 0.2) is 5.82 Å². The van der Waals surface area contributed by atoms with Crippen molar-refractivity contribution in [2.45, 2.75) is 33.6 Å². The average Bonchev–Trinajstić information content (AvgIpc) is 2.84. The van der Waals surface area contributed by atoms with E-state index in [4.69, 9.17) is 0 Å². The molecule has 23 heavy (non-hydrogen) atoms. The Kier molecular flexibility index (Phi) is 4.98. The topological polar surface area (TPSA) is 67.2 Å². The molecule has 3 rings (SSSR count). The van der Waals surface area contributed by atoms with Crippen molar-refractivity contribution in [1.82, 2.24) is 15.1 Å². The van der Waals surface area contributed by atoms with E-state index in [1.165, 1.54) is 11.0 Å². The molecule has 1 aromatic heterocycles. The van der Waals surface area contributed by atoms with Crippen LogP contribution in [0.4, 0.5) is 15.0 Å². The second kappa shape index (κ2) is 6.76. The van der Waals surface area contributed by atoms with E-state index in [9.17, 15) is 14.0 Å². The summed E-state index contributed by atoms with van der Waals surface area (Å²) in [6, 6.07) is 2.63. The second-order valence-electron chi connectivity index (χ2n) is 5.02. The van der Waals surface area contributed by atoms with E-state index in [0.717, 1.165) is 5.52 Å². The molecule has 1 saturated heterocycles. The Morgan fingerprint density at radius 1 is 1.35 bits per heavy atom. The number of halogens is 1. The molecular weight excluding hydrogens is 299 g/mol. The molecule has 126 valence electrons. The maximum Gasteiger partial charge on any atom is 0.329 e. The van der Waals surface area contributed by atoms with Crippen LogP contribution < -0.4 is 10.2 Å². The van der Waals surface area contributed by atoms with Gasteiger partial charge in [-0.1, -0.05) is 20.8 Å². The summed E-state index contributed by atoms with van der Waals surface area (Å²) in [7, 11) is 1.75. The van der Waals surface area contributed by atoms with Gasteiger partial charge in [-0.05, 0) is 24.1 Å². The summed E-state index contributed by atoms with van der Waals surface area (Å²) in [5.41, 5.74) is 1.36. The molecule has 3 amide bonds. The van der Waals surface area contributed by atoms with E-state index < -0.39 is 6.03 Å². The number of nitrogens with zero attached hydrogens (tertiary/aromatic N) is 3. The fourth-order valence-electron chi connectivity index (χ4n) is 2.54. The predicted octanol–water partition coefficient (Wildman–Crippen LogP) is 2.99. The highest BCUT2D eigenvalue weighted by atomic mass is 19.1. The molecule has 0 atom stereocenters. The van der Waals surface area contributed by atoms with Crippen LogP contribution in [0.2, 0.25) is 0 Å². The smallest absolute Gasteiger partial charge is 0.278 e. The molecule has 1 aliphatic rings. The molecule has 0 radical (unpaired) electrons. The number of nitrogens with one attached hydrogen (secondary N) is 1. The minimum atomic E-state index is -0.522. The van der Waals surface area contributed by atoms with Gasteiger partial charge in [-0.2, -0.15) is 5.10 Å². The van der Waals surface area contributed by atoms with Gasteiger partial charge in [0.1, 0.15) is 5.82 Å². The third-order valence-electron chi connectivity index (χ3n) is 3.69. The zero-order valence-electron chi connectivity index (χ0n) is 13.8. The van der Waals surface area contributed by atoms with Crippen molar-refractivity contribution in [3.05, 3.63) is 23.5 Å². The van der Waals surface area contributed by atoms with Gasteiger partial charge in [0.25, 0.3) is 0 Å². The Bertz CT molecular complexity index is 760. The number of aryl methyl sites for hydroxylation is 2. The summed E-state index contributed by atoms with van der Waals surface area (Å²) in [4.78, 5) is 24.5. The first-order chi connectivity index (χ1) is 11.0. The van der Waals surface area contributed by atoms with E-state index in [0.29, 0.717) is 23.2 Å². The van der Waals surface area contributed by atoms with Crippen LogP contribution in [0.1, 0.15) is 34.2 Å². The number of imide groups is 1. The summed E-state index contributed by atoms with van der Waals surface area (Å²) in [6.45, 7) is 6.12. The molecular formula is C16H23FN4O2. The Balaban J connectivity index is 0.000000925. The average molecular weight is 322 g/mol. The van der Waals surface area contributed by atoms with Crippen molar-refractivity contribution in [1.29, 1.82) is 0 Å². The van der Waals surface area contributed by atoms with Crippen LogP contribution in [0.3, 0.4) is 0 Å². The lowest BCUT2D eigenvalue weighted by Crippen LogP contribution is -2.49. The Labute approximate surface area is 135 Å². The first-order valence-corrected chi connectivity index (χ1v) is 7.77. The van der Waals surface area contributed by atoms with E-state index in [1.54, 1.807) is 17.8 Å². The molecule has 1 aromatic carbocycles.